The zero-order chi connectivity index (χ0) is 14.4. The number of aromatic nitrogens is 2. The summed E-state index contributed by atoms with van der Waals surface area (Å²) in [5.74, 6) is 0.731. The molecule has 0 saturated carbocycles. The Balaban J connectivity index is 3.12. The summed E-state index contributed by atoms with van der Waals surface area (Å²) < 4.78 is 0. The quantitative estimate of drug-likeness (QED) is 0.778. The summed E-state index contributed by atoms with van der Waals surface area (Å²) in [5, 5.41) is 0.449. The molecule has 0 spiro atoms. The predicted molar refractivity (Wildman–Crippen MR) is 77.3 cm³/mol. The number of nitrogens with zero attached hydrogens (tertiary/aromatic N) is 3. The first-order valence-electron chi connectivity index (χ1n) is 6.48. The Morgan fingerprint density at radius 3 is 2.68 bits per heavy atom. The van der Waals surface area contributed by atoms with E-state index >= 15 is 0 Å². The first kappa shape index (κ1) is 15.7. The summed E-state index contributed by atoms with van der Waals surface area (Å²) in [5.41, 5.74) is 6.19. The van der Waals surface area contributed by atoms with Crippen molar-refractivity contribution in [2.24, 2.45) is 11.7 Å². The van der Waals surface area contributed by atoms with E-state index in [1.165, 1.54) is 6.33 Å². The number of anilines is 1. The van der Waals surface area contributed by atoms with E-state index in [4.69, 9.17) is 17.3 Å². The zero-order valence-electron chi connectivity index (χ0n) is 11.7. The van der Waals surface area contributed by atoms with Crippen LogP contribution in [0.2, 0.25) is 5.15 Å². The molecule has 1 aromatic heterocycles. The maximum absolute atomic E-state index is 11.2. The van der Waals surface area contributed by atoms with Crippen molar-refractivity contribution in [3.63, 3.8) is 0 Å². The standard InChI is InChI=1S/C13H21ClN4O/c1-4-5-10-12(14)16-8-17-13(10)18(6-9(2)3)7-11(15)19/h8-9H,4-7H2,1-3H3,(H2,15,19). The lowest BCUT2D eigenvalue weighted by Gasteiger charge is -2.26. The Hall–Kier alpha value is -1.36. The van der Waals surface area contributed by atoms with Gasteiger partial charge >= 0.3 is 0 Å². The monoisotopic (exact) mass is 284 g/mol. The van der Waals surface area contributed by atoms with Gasteiger partial charge in [-0.1, -0.05) is 38.8 Å². The molecule has 2 N–H and O–H groups in total. The molecule has 0 aromatic carbocycles. The topological polar surface area (TPSA) is 72.1 Å². The second-order valence-electron chi connectivity index (χ2n) is 4.96. The van der Waals surface area contributed by atoms with Gasteiger partial charge in [-0.05, 0) is 12.3 Å². The summed E-state index contributed by atoms with van der Waals surface area (Å²) in [6.07, 6.45) is 3.14. The maximum Gasteiger partial charge on any atom is 0.236 e. The summed E-state index contributed by atoms with van der Waals surface area (Å²) in [6, 6.07) is 0. The number of halogens is 1. The summed E-state index contributed by atoms with van der Waals surface area (Å²) in [4.78, 5) is 21.4. The van der Waals surface area contributed by atoms with Crippen LogP contribution >= 0.6 is 11.6 Å². The largest absolute Gasteiger partial charge is 0.368 e. The molecule has 0 aliphatic rings. The number of amides is 1. The van der Waals surface area contributed by atoms with Crippen molar-refractivity contribution in [3.05, 3.63) is 17.0 Å². The lowest BCUT2D eigenvalue weighted by Crippen LogP contribution is -2.37. The van der Waals surface area contributed by atoms with Gasteiger partial charge in [-0.15, -0.1) is 0 Å². The van der Waals surface area contributed by atoms with E-state index in [0.717, 1.165) is 18.4 Å². The second-order valence-corrected chi connectivity index (χ2v) is 5.32. The van der Waals surface area contributed by atoms with Gasteiger partial charge in [0.05, 0.1) is 6.54 Å². The van der Waals surface area contributed by atoms with E-state index < -0.39 is 0 Å². The highest BCUT2D eigenvalue weighted by atomic mass is 35.5. The smallest absolute Gasteiger partial charge is 0.236 e. The maximum atomic E-state index is 11.2. The van der Waals surface area contributed by atoms with Crippen molar-refractivity contribution in [2.75, 3.05) is 18.0 Å². The first-order chi connectivity index (χ1) is 8.95. The van der Waals surface area contributed by atoms with Gasteiger partial charge in [-0.2, -0.15) is 0 Å². The minimum atomic E-state index is -0.377. The molecule has 1 rings (SSSR count). The molecule has 0 aliphatic heterocycles. The van der Waals surface area contributed by atoms with E-state index in [1.807, 2.05) is 4.90 Å². The van der Waals surface area contributed by atoms with E-state index in [1.54, 1.807) is 0 Å². The first-order valence-corrected chi connectivity index (χ1v) is 6.86. The Kier molecular flexibility index (Phi) is 6.02. The average Bonchev–Trinajstić information content (AvgIpc) is 2.30. The van der Waals surface area contributed by atoms with Crippen molar-refractivity contribution in [2.45, 2.75) is 33.6 Å². The van der Waals surface area contributed by atoms with Crippen LogP contribution in [0.15, 0.2) is 6.33 Å². The van der Waals surface area contributed by atoms with Gasteiger partial charge in [0.15, 0.2) is 0 Å². The van der Waals surface area contributed by atoms with Crippen LogP contribution in [0.1, 0.15) is 32.8 Å². The minimum Gasteiger partial charge on any atom is -0.368 e. The molecular weight excluding hydrogens is 264 g/mol. The van der Waals surface area contributed by atoms with Gasteiger partial charge < -0.3 is 10.6 Å². The number of rotatable bonds is 7. The summed E-state index contributed by atoms with van der Waals surface area (Å²) in [7, 11) is 0. The fraction of sp³-hybridized carbons (Fsp3) is 0.615. The van der Waals surface area contributed by atoms with Crippen molar-refractivity contribution in [1.82, 2.24) is 9.97 Å². The molecular formula is C13H21ClN4O. The van der Waals surface area contributed by atoms with Crippen LogP contribution in [-0.4, -0.2) is 29.0 Å². The fourth-order valence-corrected chi connectivity index (χ4v) is 2.20. The Labute approximate surface area is 119 Å². The number of hydrogen-bond acceptors (Lipinski definition) is 4. The van der Waals surface area contributed by atoms with Gasteiger partial charge in [-0.25, -0.2) is 9.97 Å². The Morgan fingerprint density at radius 1 is 1.47 bits per heavy atom. The highest BCUT2D eigenvalue weighted by Gasteiger charge is 2.18. The van der Waals surface area contributed by atoms with Crippen LogP contribution in [0, 0.1) is 5.92 Å². The summed E-state index contributed by atoms with van der Waals surface area (Å²) >= 11 is 6.13. The van der Waals surface area contributed by atoms with Gasteiger partial charge in [-0.3, -0.25) is 4.79 Å². The number of carbonyl (C=O) groups is 1. The molecule has 0 fully saturated rings. The van der Waals surface area contributed by atoms with Crippen molar-refractivity contribution in [1.29, 1.82) is 0 Å². The molecule has 0 radical (unpaired) electrons. The van der Waals surface area contributed by atoms with Crippen LogP contribution in [-0.2, 0) is 11.2 Å². The zero-order valence-corrected chi connectivity index (χ0v) is 12.4. The van der Waals surface area contributed by atoms with Gasteiger partial charge in [0.25, 0.3) is 0 Å². The SMILES string of the molecule is CCCc1c(Cl)ncnc1N(CC(N)=O)CC(C)C. The molecule has 0 aliphatic carbocycles. The van der Waals surface area contributed by atoms with Crippen molar-refractivity contribution < 1.29 is 4.79 Å². The molecule has 1 aromatic rings. The van der Waals surface area contributed by atoms with Crippen LogP contribution < -0.4 is 10.6 Å². The second kappa shape index (κ2) is 7.28. The third-order valence-electron chi connectivity index (χ3n) is 2.60. The molecule has 6 heteroatoms. The normalized spacial score (nSPS) is 10.8. The molecule has 0 saturated heterocycles. The molecule has 5 nitrogen and oxygen atoms in total. The number of carbonyl (C=O) groups excluding carboxylic acids is 1. The van der Waals surface area contributed by atoms with E-state index in [2.05, 4.69) is 30.7 Å². The van der Waals surface area contributed by atoms with Crippen LogP contribution in [0.4, 0.5) is 5.82 Å². The average molecular weight is 285 g/mol. The van der Waals surface area contributed by atoms with Crippen LogP contribution in [0.3, 0.4) is 0 Å². The van der Waals surface area contributed by atoms with E-state index in [0.29, 0.717) is 23.4 Å². The van der Waals surface area contributed by atoms with Crippen molar-refractivity contribution >= 4 is 23.3 Å². The Bertz CT molecular complexity index is 437. The summed E-state index contributed by atoms with van der Waals surface area (Å²) in [6.45, 7) is 7.07. The molecule has 1 amide bonds. The molecule has 0 atom stereocenters. The van der Waals surface area contributed by atoms with Gasteiger partial charge in [0.2, 0.25) is 5.91 Å². The van der Waals surface area contributed by atoms with Gasteiger partial charge in [0, 0.05) is 12.1 Å². The minimum absolute atomic E-state index is 0.141. The molecule has 19 heavy (non-hydrogen) atoms. The fourth-order valence-electron chi connectivity index (χ4n) is 1.97. The third-order valence-corrected chi connectivity index (χ3v) is 2.93. The molecule has 0 unspecified atom stereocenters. The molecule has 1 heterocycles. The highest BCUT2D eigenvalue weighted by molar-refractivity contribution is 6.30. The van der Waals surface area contributed by atoms with E-state index in [-0.39, 0.29) is 12.5 Å². The Morgan fingerprint density at radius 2 is 2.16 bits per heavy atom. The highest BCUT2D eigenvalue weighted by Crippen LogP contribution is 2.25. The third kappa shape index (κ3) is 4.67. The number of hydrogen-bond donors (Lipinski definition) is 1. The number of nitrogens with two attached hydrogens (primary N) is 1. The van der Waals surface area contributed by atoms with Crippen LogP contribution in [0.25, 0.3) is 0 Å². The van der Waals surface area contributed by atoms with E-state index in [9.17, 15) is 4.79 Å². The lowest BCUT2D eigenvalue weighted by molar-refractivity contribution is -0.116. The molecule has 106 valence electrons. The van der Waals surface area contributed by atoms with Gasteiger partial charge in [0.1, 0.15) is 17.3 Å². The number of primary amides is 1. The lowest BCUT2D eigenvalue weighted by atomic mass is 10.1. The molecule has 0 bridgehead atoms. The van der Waals surface area contributed by atoms with Crippen LogP contribution in [0.5, 0.6) is 0 Å². The van der Waals surface area contributed by atoms with Crippen molar-refractivity contribution in [3.8, 4) is 0 Å². The predicted octanol–water partition coefficient (Wildman–Crippen LogP) is 2.03.